The van der Waals surface area contributed by atoms with E-state index in [1.54, 1.807) is 0 Å². The molecule has 0 bridgehead atoms. The second kappa shape index (κ2) is 6.62. The molecule has 0 heterocycles. The summed E-state index contributed by atoms with van der Waals surface area (Å²) in [6.45, 7) is 0.983. The number of aliphatic hydroxyl groups is 1. The van der Waals surface area contributed by atoms with E-state index >= 15 is 0 Å². The first kappa shape index (κ1) is 16.0. The fraction of sp³-hybridized carbons (Fsp3) is 0.562. The number of likely N-dealkylation sites (N-methyl/N-ethyl adjacent to an activating group) is 1. The monoisotopic (exact) mass is 297 g/mol. The van der Waals surface area contributed by atoms with Crippen molar-refractivity contribution in [1.29, 1.82) is 0 Å². The van der Waals surface area contributed by atoms with Gasteiger partial charge in [0.25, 0.3) is 0 Å². The average Bonchev–Trinajstić information content (AvgIpc) is 2.81. The molecule has 1 aliphatic carbocycles. The van der Waals surface area contributed by atoms with Gasteiger partial charge in [0.15, 0.2) is 5.78 Å². The van der Waals surface area contributed by atoms with Gasteiger partial charge in [-0.3, -0.25) is 4.79 Å². The predicted octanol–water partition coefficient (Wildman–Crippen LogP) is 2.77. The molecule has 21 heavy (non-hydrogen) atoms. The number of rotatable bonds is 6. The molecule has 0 spiro atoms. The van der Waals surface area contributed by atoms with Crippen LogP contribution in [-0.2, 0) is 0 Å². The molecular formula is C16H21F2NO2. The molecule has 0 aliphatic heterocycles. The van der Waals surface area contributed by atoms with Crippen molar-refractivity contribution >= 4 is 5.78 Å². The topological polar surface area (TPSA) is 40.5 Å². The van der Waals surface area contributed by atoms with Crippen LogP contribution in [0.15, 0.2) is 18.2 Å². The Morgan fingerprint density at radius 2 is 1.81 bits per heavy atom. The Bertz CT molecular complexity index is 493. The van der Waals surface area contributed by atoms with E-state index in [0.717, 1.165) is 43.9 Å². The number of ketones is 1. The molecule has 0 amide bonds. The summed E-state index contributed by atoms with van der Waals surface area (Å²) in [4.78, 5) is 13.8. The third-order valence-corrected chi connectivity index (χ3v) is 4.00. The third kappa shape index (κ3) is 4.58. The fourth-order valence-electron chi connectivity index (χ4n) is 2.92. The minimum Gasteiger partial charge on any atom is -0.389 e. The highest BCUT2D eigenvalue weighted by Gasteiger charge is 2.32. The third-order valence-electron chi connectivity index (χ3n) is 4.00. The molecule has 0 aromatic heterocycles. The quantitative estimate of drug-likeness (QED) is 0.821. The van der Waals surface area contributed by atoms with Gasteiger partial charge in [0.1, 0.15) is 11.6 Å². The highest BCUT2D eigenvalue weighted by atomic mass is 19.1. The van der Waals surface area contributed by atoms with Crippen molar-refractivity contribution in [3.05, 3.63) is 35.4 Å². The van der Waals surface area contributed by atoms with Gasteiger partial charge >= 0.3 is 0 Å². The second-order valence-electron chi connectivity index (χ2n) is 6.00. The second-order valence-corrected chi connectivity index (χ2v) is 6.00. The van der Waals surface area contributed by atoms with E-state index in [0.29, 0.717) is 13.1 Å². The summed E-state index contributed by atoms with van der Waals surface area (Å²) in [6, 6.07) is 2.85. The van der Waals surface area contributed by atoms with Crippen molar-refractivity contribution in [2.45, 2.75) is 37.7 Å². The molecule has 1 saturated carbocycles. The van der Waals surface area contributed by atoms with Gasteiger partial charge in [-0.25, -0.2) is 8.78 Å². The van der Waals surface area contributed by atoms with Crippen LogP contribution >= 0.6 is 0 Å². The van der Waals surface area contributed by atoms with Crippen LogP contribution in [0.2, 0.25) is 0 Å². The molecule has 1 aromatic carbocycles. The number of hydrogen-bond donors (Lipinski definition) is 1. The molecule has 1 aliphatic rings. The van der Waals surface area contributed by atoms with Crippen molar-refractivity contribution in [2.24, 2.45) is 0 Å². The summed E-state index contributed by atoms with van der Waals surface area (Å²) in [5.41, 5.74) is -0.594. The Hall–Kier alpha value is -1.33. The molecule has 1 aromatic rings. The number of Topliss-reactive ketones (excluding diaryl/α,β-unsaturated/α-hetero) is 1. The van der Waals surface area contributed by atoms with Crippen LogP contribution in [0.4, 0.5) is 8.78 Å². The Labute approximate surface area is 123 Å². The lowest BCUT2D eigenvalue weighted by molar-refractivity contribution is 0.0162. The highest BCUT2D eigenvalue weighted by molar-refractivity contribution is 5.96. The molecule has 0 atom stereocenters. The Kier molecular flexibility index (Phi) is 5.06. The number of nitrogens with zero attached hydrogens (tertiary/aromatic N) is 1. The minimum absolute atomic E-state index is 0.0560. The number of carbonyl (C=O) groups is 1. The van der Waals surface area contributed by atoms with Crippen LogP contribution in [-0.4, -0.2) is 41.5 Å². The summed E-state index contributed by atoms with van der Waals surface area (Å²) in [6.07, 6.45) is 3.83. The average molecular weight is 297 g/mol. The normalized spacial score (nSPS) is 17.4. The number of benzene rings is 1. The van der Waals surface area contributed by atoms with Crippen LogP contribution in [0.1, 0.15) is 42.5 Å². The number of hydrogen-bond acceptors (Lipinski definition) is 3. The summed E-state index contributed by atoms with van der Waals surface area (Å²) in [7, 11) is 1.84. The van der Waals surface area contributed by atoms with E-state index in [1.165, 1.54) is 0 Å². The zero-order valence-electron chi connectivity index (χ0n) is 12.2. The van der Waals surface area contributed by atoms with Gasteiger partial charge in [0.05, 0.1) is 5.60 Å². The van der Waals surface area contributed by atoms with Gasteiger partial charge in [-0.2, -0.15) is 0 Å². The molecule has 116 valence electrons. The summed E-state index contributed by atoms with van der Waals surface area (Å²) in [5, 5.41) is 10.3. The van der Waals surface area contributed by atoms with Crippen molar-refractivity contribution in [1.82, 2.24) is 4.90 Å². The van der Waals surface area contributed by atoms with Gasteiger partial charge in [0, 0.05) is 31.1 Å². The van der Waals surface area contributed by atoms with E-state index in [4.69, 9.17) is 0 Å². The first-order chi connectivity index (χ1) is 9.88. The molecule has 0 saturated heterocycles. The summed E-state index contributed by atoms with van der Waals surface area (Å²) in [5.74, 6) is -1.78. The van der Waals surface area contributed by atoms with Crippen molar-refractivity contribution < 1.29 is 18.7 Å². The summed E-state index contributed by atoms with van der Waals surface area (Å²) >= 11 is 0. The lowest BCUT2D eigenvalue weighted by Crippen LogP contribution is -2.39. The SMILES string of the molecule is CN(CCC(=O)c1cc(F)cc(F)c1)CC1(O)CCCC1. The zero-order valence-corrected chi connectivity index (χ0v) is 12.2. The van der Waals surface area contributed by atoms with Crippen LogP contribution in [0.3, 0.4) is 0 Å². The molecule has 0 unspecified atom stereocenters. The molecule has 3 nitrogen and oxygen atoms in total. The molecule has 1 N–H and O–H groups in total. The van der Waals surface area contributed by atoms with Crippen molar-refractivity contribution in [3.8, 4) is 0 Å². The standard InChI is InChI=1S/C16H21F2NO2/c1-19(11-16(21)5-2-3-6-16)7-4-15(20)12-8-13(17)10-14(18)9-12/h8-10,21H,2-7,11H2,1H3. The highest BCUT2D eigenvalue weighted by Crippen LogP contribution is 2.29. The first-order valence-electron chi connectivity index (χ1n) is 7.28. The maximum absolute atomic E-state index is 13.1. The fourth-order valence-corrected chi connectivity index (χ4v) is 2.92. The lowest BCUT2D eigenvalue weighted by atomic mass is 10.0. The maximum atomic E-state index is 13.1. The Morgan fingerprint density at radius 1 is 1.24 bits per heavy atom. The Morgan fingerprint density at radius 3 is 2.38 bits per heavy atom. The van der Waals surface area contributed by atoms with Gasteiger partial charge in [-0.1, -0.05) is 12.8 Å². The van der Waals surface area contributed by atoms with E-state index in [1.807, 2.05) is 11.9 Å². The van der Waals surface area contributed by atoms with Gasteiger partial charge in [-0.05, 0) is 32.0 Å². The van der Waals surface area contributed by atoms with Crippen molar-refractivity contribution in [3.63, 3.8) is 0 Å². The van der Waals surface area contributed by atoms with E-state index < -0.39 is 17.2 Å². The number of carbonyl (C=O) groups excluding carboxylic acids is 1. The summed E-state index contributed by atoms with van der Waals surface area (Å²) < 4.78 is 26.1. The Balaban J connectivity index is 1.85. The van der Waals surface area contributed by atoms with Crippen LogP contribution in [0.25, 0.3) is 0 Å². The molecule has 2 rings (SSSR count). The van der Waals surface area contributed by atoms with Gasteiger partial charge in [-0.15, -0.1) is 0 Å². The first-order valence-corrected chi connectivity index (χ1v) is 7.28. The maximum Gasteiger partial charge on any atom is 0.164 e. The van der Waals surface area contributed by atoms with Gasteiger partial charge < -0.3 is 10.0 Å². The molecule has 1 fully saturated rings. The largest absolute Gasteiger partial charge is 0.389 e. The van der Waals surface area contributed by atoms with Gasteiger partial charge in [0.2, 0.25) is 0 Å². The minimum atomic E-state index is -0.744. The van der Waals surface area contributed by atoms with Crippen LogP contribution < -0.4 is 0 Å². The van der Waals surface area contributed by atoms with E-state index in [-0.39, 0.29) is 17.8 Å². The van der Waals surface area contributed by atoms with E-state index in [9.17, 15) is 18.7 Å². The van der Waals surface area contributed by atoms with Crippen LogP contribution in [0.5, 0.6) is 0 Å². The molecule has 5 heteroatoms. The van der Waals surface area contributed by atoms with Crippen LogP contribution in [0, 0.1) is 11.6 Å². The molecule has 0 radical (unpaired) electrons. The number of halogens is 2. The van der Waals surface area contributed by atoms with E-state index in [2.05, 4.69) is 0 Å². The molecular weight excluding hydrogens is 276 g/mol. The predicted molar refractivity (Wildman–Crippen MR) is 76.2 cm³/mol. The zero-order chi connectivity index (χ0) is 15.5. The van der Waals surface area contributed by atoms with Crippen molar-refractivity contribution in [2.75, 3.05) is 20.1 Å². The smallest absolute Gasteiger partial charge is 0.164 e. The lowest BCUT2D eigenvalue weighted by Gasteiger charge is -2.28.